The molecule has 28 heavy (non-hydrogen) atoms. The van der Waals surface area contributed by atoms with E-state index in [0.29, 0.717) is 6.42 Å². The van der Waals surface area contributed by atoms with Crippen LogP contribution in [0.1, 0.15) is 37.6 Å². The molecule has 4 nitrogen and oxygen atoms in total. The summed E-state index contributed by atoms with van der Waals surface area (Å²) in [7, 11) is 0. The molecule has 0 saturated carbocycles. The number of nitrogens with zero attached hydrogens (tertiary/aromatic N) is 3. The second-order valence-electron chi connectivity index (χ2n) is 8.08. The molecule has 2 aromatic heterocycles. The predicted molar refractivity (Wildman–Crippen MR) is 115 cm³/mol. The number of hydrogen-bond donors (Lipinski definition) is 1. The molecule has 0 fully saturated rings. The molecule has 0 radical (unpaired) electrons. The van der Waals surface area contributed by atoms with E-state index in [1.165, 1.54) is 11.1 Å². The van der Waals surface area contributed by atoms with Crippen LogP contribution in [0, 0.1) is 0 Å². The highest BCUT2D eigenvalue weighted by molar-refractivity contribution is 5.81. The number of anilines is 1. The number of pyridine rings is 1. The Hall–Kier alpha value is -3.27. The summed E-state index contributed by atoms with van der Waals surface area (Å²) in [5.41, 5.74) is 13.0. The fraction of sp³-hybridized carbons (Fsp3) is 0.208. The van der Waals surface area contributed by atoms with E-state index in [-0.39, 0.29) is 11.4 Å². The Bertz CT molecular complexity index is 1110. The average molecular weight is 368 g/mol. The van der Waals surface area contributed by atoms with Gasteiger partial charge in [0.15, 0.2) is 0 Å². The predicted octanol–water partition coefficient (Wildman–Crippen LogP) is 5.16. The number of nitrogen functional groups attached to an aromatic ring is 1. The number of hydrogen-bond acceptors (Lipinski definition) is 4. The minimum absolute atomic E-state index is 0.129. The summed E-state index contributed by atoms with van der Waals surface area (Å²) in [6, 6.07) is 22.8. The summed E-state index contributed by atoms with van der Waals surface area (Å²) in [4.78, 5) is 13.7. The van der Waals surface area contributed by atoms with Gasteiger partial charge in [-0.25, -0.2) is 15.0 Å². The Balaban J connectivity index is 1.77. The monoisotopic (exact) mass is 368 g/mol. The molecule has 140 valence electrons. The van der Waals surface area contributed by atoms with Crippen molar-refractivity contribution in [2.75, 3.05) is 5.73 Å². The van der Waals surface area contributed by atoms with E-state index >= 15 is 0 Å². The molecule has 0 bridgehead atoms. The van der Waals surface area contributed by atoms with Crippen LogP contribution in [0.5, 0.6) is 0 Å². The van der Waals surface area contributed by atoms with Gasteiger partial charge in [-0.2, -0.15) is 0 Å². The van der Waals surface area contributed by atoms with Crippen molar-refractivity contribution in [3.63, 3.8) is 0 Å². The first-order chi connectivity index (χ1) is 13.4. The fourth-order valence-electron chi connectivity index (χ4n) is 3.31. The smallest absolute Gasteiger partial charge is 0.220 e. The van der Waals surface area contributed by atoms with E-state index in [1.54, 1.807) is 0 Å². The van der Waals surface area contributed by atoms with Gasteiger partial charge in [-0.05, 0) is 28.7 Å². The Morgan fingerprint density at radius 3 is 2.18 bits per heavy atom. The summed E-state index contributed by atoms with van der Waals surface area (Å²) in [6.45, 7) is 6.65. The van der Waals surface area contributed by atoms with Crippen LogP contribution in [0.25, 0.3) is 22.3 Å². The zero-order valence-corrected chi connectivity index (χ0v) is 16.5. The van der Waals surface area contributed by atoms with Gasteiger partial charge in [0, 0.05) is 12.0 Å². The summed E-state index contributed by atoms with van der Waals surface area (Å²) in [6.07, 6.45) is 0.670. The zero-order valence-electron chi connectivity index (χ0n) is 16.5. The van der Waals surface area contributed by atoms with E-state index in [4.69, 9.17) is 10.7 Å². The van der Waals surface area contributed by atoms with E-state index in [0.717, 1.165) is 28.0 Å². The van der Waals surface area contributed by atoms with Gasteiger partial charge in [0.1, 0.15) is 5.52 Å². The highest BCUT2D eigenvalue weighted by Crippen LogP contribution is 2.27. The van der Waals surface area contributed by atoms with Gasteiger partial charge in [-0.3, -0.25) is 0 Å². The van der Waals surface area contributed by atoms with Gasteiger partial charge in [0.2, 0.25) is 5.95 Å². The van der Waals surface area contributed by atoms with Crippen LogP contribution in [0.4, 0.5) is 5.95 Å². The van der Waals surface area contributed by atoms with E-state index < -0.39 is 0 Å². The third-order valence-corrected chi connectivity index (χ3v) is 4.89. The molecule has 0 saturated heterocycles. The van der Waals surface area contributed by atoms with Crippen molar-refractivity contribution in [1.29, 1.82) is 0 Å². The van der Waals surface area contributed by atoms with Gasteiger partial charge >= 0.3 is 0 Å². The lowest BCUT2D eigenvalue weighted by Crippen LogP contribution is -2.10. The molecule has 0 unspecified atom stereocenters. The molecule has 0 aliphatic rings. The van der Waals surface area contributed by atoms with Crippen LogP contribution in [0.2, 0.25) is 0 Å². The van der Waals surface area contributed by atoms with Crippen LogP contribution in [-0.2, 0) is 11.8 Å². The molecule has 0 atom stereocenters. The lowest BCUT2D eigenvalue weighted by atomic mass is 9.86. The molecule has 0 spiro atoms. The highest BCUT2D eigenvalue weighted by atomic mass is 15.0. The normalized spacial score (nSPS) is 11.7. The first kappa shape index (κ1) is 18.1. The number of rotatable bonds is 3. The van der Waals surface area contributed by atoms with Gasteiger partial charge in [0.25, 0.3) is 0 Å². The third kappa shape index (κ3) is 3.72. The summed E-state index contributed by atoms with van der Waals surface area (Å²) >= 11 is 0. The molecule has 4 aromatic rings. The van der Waals surface area contributed by atoms with Gasteiger partial charge in [-0.15, -0.1) is 0 Å². The number of benzene rings is 2. The highest BCUT2D eigenvalue weighted by Gasteiger charge is 2.14. The molecule has 4 heteroatoms. The topological polar surface area (TPSA) is 64.7 Å². The van der Waals surface area contributed by atoms with Gasteiger partial charge in [-0.1, -0.05) is 75.4 Å². The molecule has 2 heterocycles. The SMILES string of the molecule is CC(C)(C)c1ccc(-c2ccc3nc(N)nc(Cc4ccccc4)c3n2)cc1. The molecule has 0 aliphatic heterocycles. The largest absolute Gasteiger partial charge is 0.368 e. The number of fused-ring (bicyclic) bond motifs is 1. The standard InChI is InChI=1S/C24H24N4/c1-24(2,3)18-11-9-17(10-12-18)19-13-14-20-22(26-19)21(28-23(25)27-20)15-16-7-5-4-6-8-16/h4-14H,15H2,1-3H3,(H2,25,27,28). The van der Waals surface area contributed by atoms with Gasteiger partial charge in [0.05, 0.1) is 16.9 Å². The molecule has 2 aromatic carbocycles. The second kappa shape index (κ2) is 7.04. The Morgan fingerprint density at radius 2 is 1.50 bits per heavy atom. The molecule has 0 aliphatic carbocycles. The van der Waals surface area contributed by atoms with Crippen LogP contribution < -0.4 is 5.73 Å². The van der Waals surface area contributed by atoms with Crippen molar-refractivity contribution in [1.82, 2.24) is 15.0 Å². The first-order valence-electron chi connectivity index (χ1n) is 9.48. The maximum atomic E-state index is 5.93. The van der Waals surface area contributed by atoms with E-state index in [1.807, 2.05) is 30.3 Å². The maximum Gasteiger partial charge on any atom is 0.220 e. The molecular weight excluding hydrogens is 344 g/mol. The lowest BCUT2D eigenvalue weighted by molar-refractivity contribution is 0.590. The van der Waals surface area contributed by atoms with Crippen molar-refractivity contribution >= 4 is 17.0 Å². The fourth-order valence-corrected chi connectivity index (χ4v) is 3.31. The van der Waals surface area contributed by atoms with Gasteiger partial charge < -0.3 is 5.73 Å². The van der Waals surface area contributed by atoms with Crippen molar-refractivity contribution in [3.8, 4) is 11.3 Å². The molecule has 2 N–H and O–H groups in total. The Kier molecular flexibility index (Phi) is 4.55. The van der Waals surface area contributed by atoms with Crippen molar-refractivity contribution in [2.45, 2.75) is 32.6 Å². The first-order valence-corrected chi connectivity index (χ1v) is 9.48. The zero-order chi connectivity index (χ0) is 19.7. The third-order valence-electron chi connectivity index (χ3n) is 4.89. The summed E-state index contributed by atoms with van der Waals surface area (Å²) < 4.78 is 0. The van der Waals surface area contributed by atoms with Crippen molar-refractivity contribution in [3.05, 3.63) is 83.6 Å². The number of nitrogens with two attached hydrogens (primary N) is 1. The average Bonchev–Trinajstić information content (AvgIpc) is 2.68. The van der Waals surface area contributed by atoms with Crippen LogP contribution in [0.15, 0.2) is 66.7 Å². The van der Waals surface area contributed by atoms with Crippen molar-refractivity contribution in [2.24, 2.45) is 0 Å². The lowest BCUT2D eigenvalue weighted by Gasteiger charge is -2.19. The Morgan fingerprint density at radius 1 is 0.786 bits per heavy atom. The molecule has 0 amide bonds. The molecule has 4 rings (SSSR count). The van der Waals surface area contributed by atoms with Crippen molar-refractivity contribution < 1.29 is 0 Å². The number of aromatic nitrogens is 3. The van der Waals surface area contributed by atoms with Crippen LogP contribution >= 0.6 is 0 Å². The second-order valence-corrected chi connectivity index (χ2v) is 8.08. The Labute approximate surface area is 165 Å². The summed E-state index contributed by atoms with van der Waals surface area (Å²) in [5, 5.41) is 0. The molecular formula is C24H24N4. The minimum Gasteiger partial charge on any atom is -0.368 e. The van der Waals surface area contributed by atoms with E-state index in [9.17, 15) is 0 Å². The maximum absolute atomic E-state index is 5.93. The summed E-state index contributed by atoms with van der Waals surface area (Å²) in [5.74, 6) is 0.280. The minimum atomic E-state index is 0.129. The van der Waals surface area contributed by atoms with Crippen LogP contribution in [0.3, 0.4) is 0 Å². The quantitative estimate of drug-likeness (QED) is 0.542. The van der Waals surface area contributed by atoms with Crippen LogP contribution in [-0.4, -0.2) is 15.0 Å². The van der Waals surface area contributed by atoms with E-state index in [2.05, 4.69) is 67.1 Å².